The van der Waals surface area contributed by atoms with Gasteiger partial charge in [0.25, 0.3) is 11.8 Å². The molecule has 2 aromatic heterocycles. The summed E-state index contributed by atoms with van der Waals surface area (Å²) in [5.41, 5.74) is 6.45. The van der Waals surface area contributed by atoms with Crippen molar-refractivity contribution >= 4 is 46.7 Å². The quantitative estimate of drug-likeness (QED) is 0.117. The minimum atomic E-state index is -0.783. The topological polar surface area (TPSA) is 184 Å². The number of carbonyl (C=O) groups is 3. The molecule has 2 aromatic rings. The molecule has 0 bridgehead atoms. The molecule has 0 unspecified atom stereocenters. The number of hydrogen-bond donors (Lipinski definition) is 5. The van der Waals surface area contributed by atoms with Crippen LogP contribution in [0.3, 0.4) is 0 Å². The zero-order valence-electron chi connectivity index (χ0n) is 17.5. The molecule has 172 valence electrons. The first kappa shape index (κ1) is 24.4. The Morgan fingerprint density at radius 3 is 2.41 bits per heavy atom. The summed E-state index contributed by atoms with van der Waals surface area (Å²) in [4.78, 5) is 56.2. The SMILES string of the molecule is CN(CCC(=N)N)C(=O)c1cc(N(C)C(=O)c2cc(NC(=O)N(CCCl)N=O)c[nH]2)c[nH]1. The Kier molecular flexibility index (Phi) is 8.35. The van der Waals surface area contributed by atoms with Crippen molar-refractivity contribution < 1.29 is 14.4 Å². The Bertz CT molecular complexity index is 1000. The number of halogens is 1. The molecule has 0 aliphatic carbocycles. The number of nitrogens with zero attached hydrogens (tertiary/aromatic N) is 4. The van der Waals surface area contributed by atoms with E-state index in [0.717, 1.165) is 0 Å². The van der Waals surface area contributed by atoms with Crippen molar-refractivity contribution in [1.82, 2.24) is 19.9 Å². The molecule has 0 aromatic carbocycles. The van der Waals surface area contributed by atoms with Gasteiger partial charge in [0.15, 0.2) is 0 Å². The highest BCUT2D eigenvalue weighted by atomic mass is 35.5. The minimum absolute atomic E-state index is 0.0159. The predicted molar refractivity (Wildman–Crippen MR) is 120 cm³/mol. The summed E-state index contributed by atoms with van der Waals surface area (Å²) in [5.74, 6) is -0.722. The molecule has 14 heteroatoms. The molecule has 0 spiro atoms. The van der Waals surface area contributed by atoms with Crippen molar-refractivity contribution in [2.24, 2.45) is 11.0 Å². The molecule has 0 aliphatic rings. The van der Waals surface area contributed by atoms with Gasteiger partial charge in [0.2, 0.25) is 0 Å². The fourth-order valence-corrected chi connectivity index (χ4v) is 2.79. The highest BCUT2D eigenvalue weighted by molar-refractivity contribution is 6.18. The molecule has 0 saturated heterocycles. The van der Waals surface area contributed by atoms with Crippen LogP contribution in [0, 0.1) is 10.3 Å². The second-order valence-corrected chi connectivity index (χ2v) is 7.14. The summed E-state index contributed by atoms with van der Waals surface area (Å²) >= 11 is 5.51. The fourth-order valence-electron chi connectivity index (χ4n) is 2.63. The van der Waals surface area contributed by atoms with Gasteiger partial charge in [-0.2, -0.15) is 5.01 Å². The molecule has 2 rings (SSSR count). The van der Waals surface area contributed by atoms with Gasteiger partial charge in [-0.15, -0.1) is 16.5 Å². The van der Waals surface area contributed by atoms with Gasteiger partial charge < -0.3 is 30.8 Å². The molecule has 0 aliphatic heterocycles. The van der Waals surface area contributed by atoms with Crippen LogP contribution in [0.2, 0.25) is 0 Å². The van der Waals surface area contributed by atoms with Gasteiger partial charge in [-0.1, -0.05) is 0 Å². The van der Waals surface area contributed by atoms with Gasteiger partial charge in [-0.3, -0.25) is 15.0 Å². The van der Waals surface area contributed by atoms with Gasteiger partial charge >= 0.3 is 6.03 Å². The lowest BCUT2D eigenvalue weighted by atomic mass is 10.3. The predicted octanol–water partition coefficient (Wildman–Crippen LogP) is 1.77. The Hall–Kier alpha value is -3.87. The molecular formula is C18H24ClN9O4. The van der Waals surface area contributed by atoms with Crippen LogP contribution in [0.1, 0.15) is 27.4 Å². The third-order valence-corrected chi connectivity index (χ3v) is 4.62. The number of H-pyrrole nitrogens is 2. The minimum Gasteiger partial charge on any atom is -0.388 e. The van der Waals surface area contributed by atoms with E-state index in [4.69, 9.17) is 22.7 Å². The molecule has 0 radical (unpaired) electrons. The van der Waals surface area contributed by atoms with Crippen LogP contribution in [0.15, 0.2) is 29.8 Å². The third-order valence-electron chi connectivity index (χ3n) is 4.45. The average Bonchev–Trinajstić information content (AvgIpc) is 3.44. The Balaban J connectivity index is 2.04. The van der Waals surface area contributed by atoms with Crippen LogP contribution >= 0.6 is 11.6 Å². The van der Waals surface area contributed by atoms with E-state index in [9.17, 15) is 19.3 Å². The second-order valence-electron chi connectivity index (χ2n) is 6.76. The first-order chi connectivity index (χ1) is 15.2. The number of nitrogens with one attached hydrogen (secondary N) is 4. The van der Waals surface area contributed by atoms with Crippen molar-refractivity contribution in [3.8, 4) is 0 Å². The van der Waals surface area contributed by atoms with E-state index >= 15 is 0 Å². The summed E-state index contributed by atoms with van der Waals surface area (Å²) in [6.45, 7) is 0.227. The summed E-state index contributed by atoms with van der Waals surface area (Å²) in [5, 5.41) is 12.9. The van der Waals surface area contributed by atoms with E-state index in [-0.39, 0.29) is 54.2 Å². The largest absolute Gasteiger partial charge is 0.388 e. The van der Waals surface area contributed by atoms with E-state index < -0.39 is 11.9 Å². The lowest BCUT2D eigenvalue weighted by Gasteiger charge is -2.16. The number of urea groups is 1. The van der Waals surface area contributed by atoms with Crippen LogP contribution in [0.25, 0.3) is 0 Å². The number of rotatable bonds is 10. The first-order valence-electron chi connectivity index (χ1n) is 9.39. The van der Waals surface area contributed by atoms with Crippen molar-refractivity contribution in [2.75, 3.05) is 43.3 Å². The number of aromatic amines is 2. The van der Waals surface area contributed by atoms with Gasteiger partial charge in [-0.25, -0.2) is 4.79 Å². The van der Waals surface area contributed by atoms with E-state index in [1.54, 1.807) is 7.05 Å². The Morgan fingerprint density at radius 1 is 1.12 bits per heavy atom. The number of anilines is 2. The summed E-state index contributed by atoms with van der Waals surface area (Å²) in [6, 6.07) is 2.14. The lowest BCUT2D eigenvalue weighted by molar-refractivity contribution is 0.0793. The number of alkyl halides is 1. The van der Waals surface area contributed by atoms with Gasteiger partial charge in [0, 0.05) is 45.3 Å². The van der Waals surface area contributed by atoms with Gasteiger partial charge in [0.1, 0.15) is 11.4 Å². The standard InChI is InChI=1S/C18H24ClN9O4/c1-26(5-3-15(20)21)16(29)14-8-12(10-23-14)27(2)17(30)13-7-11(9-22-13)24-18(31)28(25-32)6-4-19/h7-10,22-23H,3-6H2,1-2H3,(H3,20,21)(H,24,31). The molecule has 2 heterocycles. The number of amides is 4. The molecule has 0 fully saturated rings. The zero-order chi connectivity index (χ0) is 23.8. The maximum absolute atomic E-state index is 12.8. The smallest absolute Gasteiger partial charge is 0.344 e. The molecule has 0 atom stereocenters. The van der Waals surface area contributed by atoms with Crippen LogP contribution in [0.5, 0.6) is 0 Å². The van der Waals surface area contributed by atoms with Crippen LogP contribution in [-0.4, -0.2) is 76.6 Å². The number of carbonyl (C=O) groups excluding carboxylic acids is 3. The zero-order valence-corrected chi connectivity index (χ0v) is 18.3. The number of amidine groups is 1. The normalized spacial score (nSPS) is 10.3. The van der Waals surface area contributed by atoms with Crippen LogP contribution < -0.4 is 16.0 Å². The molecule has 4 amide bonds. The molecule has 0 saturated carbocycles. The van der Waals surface area contributed by atoms with Crippen LogP contribution in [0.4, 0.5) is 16.2 Å². The van der Waals surface area contributed by atoms with Crippen molar-refractivity contribution in [3.63, 3.8) is 0 Å². The number of hydrogen-bond acceptors (Lipinski definition) is 6. The summed E-state index contributed by atoms with van der Waals surface area (Å²) in [7, 11) is 3.11. The van der Waals surface area contributed by atoms with Gasteiger partial charge in [0.05, 0.1) is 29.0 Å². The maximum atomic E-state index is 12.8. The van der Waals surface area contributed by atoms with Crippen molar-refractivity contribution in [1.29, 1.82) is 5.41 Å². The van der Waals surface area contributed by atoms with E-state index in [2.05, 4.69) is 20.6 Å². The third kappa shape index (κ3) is 6.07. The lowest BCUT2D eigenvalue weighted by Crippen LogP contribution is -2.31. The second kappa shape index (κ2) is 10.9. The van der Waals surface area contributed by atoms with Crippen LogP contribution in [-0.2, 0) is 0 Å². The van der Waals surface area contributed by atoms with Crippen molar-refractivity contribution in [2.45, 2.75) is 6.42 Å². The number of nitroso groups, excluding NO2 is 1. The first-order valence-corrected chi connectivity index (χ1v) is 9.92. The molecular weight excluding hydrogens is 442 g/mol. The fraction of sp³-hybridized carbons (Fsp3) is 0.333. The van der Waals surface area contributed by atoms with E-state index in [1.807, 2.05) is 0 Å². The molecule has 13 nitrogen and oxygen atoms in total. The Labute approximate surface area is 188 Å². The van der Waals surface area contributed by atoms with Gasteiger partial charge in [-0.05, 0) is 12.1 Å². The summed E-state index contributed by atoms with van der Waals surface area (Å²) < 4.78 is 0. The highest BCUT2D eigenvalue weighted by Crippen LogP contribution is 2.19. The monoisotopic (exact) mass is 465 g/mol. The average molecular weight is 466 g/mol. The molecule has 32 heavy (non-hydrogen) atoms. The maximum Gasteiger partial charge on any atom is 0.344 e. The highest BCUT2D eigenvalue weighted by Gasteiger charge is 2.21. The summed E-state index contributed by atoms with van der Waals surface area (Å²) in [6.07, 6.45) is 3.15. The number of nitrogens with two attached hydrogens (primary N) is 1. The van der Waals surface area contributed by atoms with Crippen molar-refractivity contribution in [3.05, 3.63) is 40.8 Å². The van der Waals surface area contributed by atoms with E-state index in [0.29, 0.717) is 10.7 Å². The molecule has 6 N–H and O–H groups in total. The van der Waals surface area contributed by atoms with E-state index in [1.165, 1.54) is 41.4 Å². The Morgan fingerprint density at radius 2 is 1.78 bits per heavy atom. The number of aromatic nitrogens is 2.